The highest BCUT2D eigenvalue weighted by Crippen LogP contribution is 2.23. The average Bonchev–Trinajstić information content (AvgIpc) is 2.73. The Morgan fingerprint density at radius 2 is 1.76 bits per heavy atom. The molecule has 1 amide bonds. The maximum Gasteiger partial charge on any atom is 0.243 e. The Labute approximate surface area is 175 Å². The van der Waals surface area contributed by atoms with Crippen molar-refractivity contribution in [1.29, 1.82) is 0 Å². The summed E-state index contributed by atoms with van der Waals surface area (Å²) in [7, 11) is -3.48. The van der Waals surface area contributed by atoms with Crippen LogP contribution in [0.2, 0.25) is 0 Å². The molecule has 0 spiro atoms. The number of amides is 1. The van der Waals surface area contributed by atoms with E-state index < -0.39 is 10.0 Å². The van der Waals surface area contributed by atoms with Crippen LogP contribution in [0.15, 0.2) is 29.2 Å². The smallest absolute Gasteiger partial charge is 0.243 e. The summed E-state index contributed by atoms with van der Waals surface area (Å²) in [5.41, 5.74) is 1.17. The van der Waals surface area contributed by atoms with Crippen molar-refractivity contribution in [1.82, 2.24) is 14.1 Å². The number of carbonyl (C=O) groups excluding carboxylic acids is 1. The van der Waals surface area contributed by atoms with Crippen LogP contribution >= 0.6 is 0 Å². The number of piperidine rings is 1. The highest BCUT2D eigenvalue weighted by Gasteiger charge is 2.30. The average molecular weight is 422 g/mol. The van der Waals surface area contributed by atoms with Crippen molar-refractivity contribution in [2.45, 2.75) is 50.8 Å². The maximum atomic E-state index is 13.0. The molecule has 2 saturated heterocycles. The lowest BCUT2D eigenvalue weighted by atomic mass is 9.99. The molecule has 0 unspecified atom stereocenters. The molecule has 162 valence electrons. The lowest BCUT2D eigenvalue weighted by Crippen LogP contribution is -2.52. The fourth-order valence-electron chi connectivity index (χ4n) is 4.19. The number of benzene rings is 1. The molecule has 1 aromatic rings. The van der Waals surface area contributed by atoms with Crippen LogP contribution in [-0.2, 0) is 14.8 Å². The fraction of sp³-hybridized carbons (Fsp3) is 0.682. The van der Waals surface area contributed by atoms with Crippen LogP contribution in [0.25, 0.3) is 0 Å². The SMILES string of the molecule is CC[C@@H](C)c1ccc(S(=O)(=O)N2CCN(CC(=O)N3CCC[C@H](C)C3)CC2)cc1. The molecule has 29 heavy (non-hydrogen) atoms. The minimum Gasteiger partial charge on any atom is -0.341 e. The molecule has 0 aliphatic carbocycles. The van der Waals surface area contributed by atoms with Crippen LogP contribution in [-0.4, -0.2) is 74.2 Å². The van der Waals surface area contributed by atoms with Crippen molar-refractivity contribution in [3.8, 4) is 0 Å². The van der Waals surface area contributed by atoms with Gasteiger partial charge in [-0.05, 0) is 48.8 Å². The van der Waals surface area contributed by atoms with Crippen LogP contribution in [0.4, 0.5) is 0 Å². The largest absolute Gasteiger partial charge is 0.341 e. The third kappa shape index (κ3) is 5.38. The van der Waals surface area contributed by atoms with Gasteiger partial charge in [0, 0.05) is 39.3 Å². The molecule has 7 heteroatoms. The summed E-state index contributed by atoms with van der Waals surface area (Å²) in [5.74, 6) is 1.17. The second kappa shape index (κ2) is 9.58. The molecule has 0 aromatic heterocycles. The topological polar surface area (TPSA) is 60.9 Å². The molecule has 0 N–H and O–H groups in total. The molecule has 0 bridgehead atoms. The van der Waals surface area contributed by atoms with E-state index in [1.807, 2.05) is 17.0 Å². The predicted molar refractivity (Wildman–Crippen MR) is 115 cm³/mol. The number of sulfonamides is 1. The molecule has 6 nitrogen and oxygen atoms in total. The Balaban J connectivity index is 1.54. The molecule has 0 radical (unpaired) electrons. The number of nitrogens with zero attached hydrogens (tertiary/aromatic N) is 3. The van der Waals surface area contributed by atoms with Crippen LogP contribution in [0, 0.1) is 5.92 Å². The number of piperazine rings is 1. The van der Waals surface area contributed by atoms with Gasteiger partial charge in [0.15, 0.2) is 0 Å². The third-order valence-corrected chi connectivity index (χ3v) is 8.31. The molecule has 2 fully saturated rings. The highest BCUT2D eigenvalue weighted by molar-refractivity contribution is 7.89. The predicted octanol–water partition coefficient (Wildman–Crippen LogP) is 2.76. The summed E-state index contributed by atoms with van der Waals surface area (Å²) in [6.07, 6.45) is 3.30. The Hall–Kier alpha value is -1.44. The lowest BCUT2D eigenvalue weighted by molar-refractivity contribution is -0.134. The first-order valence-electron chi connectivity index (χ1n) is 10.9. The highest BCUT2D eigenvalue weighted by atomic mass is 32.2. The summed E-state index contributed by atoms with van der Waals surface area (Å²) in [4.78, 5) is 17.0. The maximum absolute atomic E-state index is 13.0. The number of hydrogen-bond donors (Lipinski definition) is 0. The summed E-state index contributed by atoms with van der Waals surface area (Å²) in [6, 6.07) is 7.31. The van der Waals surface area contributed by atoms with E-state index >= 15 is 0 Å². The van der Waals surface area contributed by atoms with E-state index in [1.54, 1.807) is 16.4 Å². The molecule has 3 rings (SSSR count). The van der Waals surface area contributed by atoms with Crippen LogP contribution in [0.5, 0.6) is 0 Å². The van der Waals surface area contributed by atoms with Crippen LogP contribution in [0.1, 0.15) is 51.5 Å². The molecular formula is C22H35N3O3S. The molecule has 2 aliphatic heterocycles. The number of rotatable bonds is 6. The fourth-order valence-corrected chi connectivity index (χ4v) is 5.61. The molecule has 1 aromatic carbocycles. The molecule has 2 atom stereocenters. The minimum absolute atomic E-state index is 0.175. The Kier molecular flexibility index (Phi) is 7.35. The molecule has 2 aliphatic rings. The van der Waals surface area contributed by atoms with Gasteiger partial charge in [-0.2, -0.15) is 4.31 Å². The third-order valence-electron chi connectivity index (χ3n) is 6.40. The van der Waals surface area contributed by atoms with Gasteiger partial charge >= 0.3 is 0 Å². The first kappa shape index (κ1) is 22.2. The number of carbonyl (C=O) groups is 1. The lowest BCUT2D eigenvalue weighted by Gasteiger charge is -2.36. The monoisotopic (exact) mass is 421 g/mol. The quantitative estimate of drug-likeness (QED) is 0.709. The van der Waals surface area contributed by atoms with Crippen molar-refractivity contribution in [2.75, 3.05) is 45.8 Å². The molecular weight excluding hydrogens is 386 g/mol. The van der Waals surface area contributed by atoms with E-state index in [1.165, 1.54) is 12.0 Å². The van der Waals surface area contributed by atoms with Crippen molar-refractivity contribution >= 4 is 15.9 Å². The summed E-state index contributed by atoms with van der Waals surface area (Å²) < 4.78 is 27.5. The van der Waals surface area contributed by atoms with E-state index in [2.05, 4.69) is 25.7 Å². The van der Waals surface area contributed by atoms with Crippen molar-refractivity contribution in [3.05, 3.63) is 29.8 Å². The van der Waals surface area contributed by atoms with Gasteiger partial charge in [-0.1, -0.05) is 32.9 Å². The Morgan fingerprint density at radius 1 is 1.10 bits per heavy atom. The van der Waals surface area contributed by atoms with E-state index in [-0.39, 0.29) is 5.91 Å². The van der Waals surface area contributed by atoms with Crippen molar-refractivity contribution in [3.63, 3.8) is 0 Å². The zero-order valence-electron chi connectivity index (χ0n) is 18.0. The number of hydrogen-bond acceptors (Lipinski definition) is 4. The summed E-state index contributed by atoms with van der Waals surface area (Å²) >= 11 is 0. The van der Waals surface area contributed by atoms with Gasteiger partial charge in [-0.15, -0.1) is 0 Å². The van der Waals surface area contributed by atoms with Gasteiger partial charge < -0.3 is 4.90 Å². The first-order valence-corrected chi connectivity index (χ1v) is 12.4. The zero-order chi connectivity index (χ0) is 21.0. The zero-order valence-corrected chi connectivity index (χ0v) is 18.8. The van der Waals surface area contributed by atoms with Crippen molar-refractivity contribution < 1.29 is 13.2 Å². The van der Waals surface area contributed by atoms with Crippen LogP contribution in [0.3, 0.4) is 0 Å². The molecule has 2 heterocycles. The van der Waals surface area contributed by atoms with Gasteiger partial charge in [0.2, 0.25) is 15.9 Å². The summed E-state index contributed by atoms with van der Waals surface area (Å²) in [6.45, 7) is 10.6. The second-order valence-electron chi connectivity index (χ2n) is 8.65. The van der Waals surface area contributed by atoms with E-state index in [4.69, 9.17) is 0 Å². The van der Waals surface area contributed by atoms with E-state index in [0.717, 1.165) is 25.9 Å². The van der Waals surface area contributed by atoms with Gasteiger partial charge in [0.05, 0.1) is 11.4 Å². The minimum atomic E-state index is -3.48. The van der Waals surface area contributed by atoms with Crippen molar-refractivity contribution in [2.24, 2.45) is 5.92 Å². The number of likely N-dealkylation sites (tertiary alicyclic amines) is 1. The van der Waals surface area contributed by atoms with Gasteiger partial charge in [-0.25, -0.2) is 8.42 Å². The van der Waals surface area contributed by atoms with Gasteiger partial charge in [0.1, 0.15) is 0 Å². The van der Waals surface area contributed by atoms with Gasteiger partial charge in [-0.3, -0.25) is 9.69 Å². The summed E-state index contributed by atoms with van der Waals surface area (Å²) in [5, 5.41) is 0. The normalized spacial score (nSPS) is 23.1. The van der Waals surface area contributed by atoms with Crippen LogP contribution < -0.4 is 0 Å². The van der Waals surface area contributed by atoms with E-state index in [0.29, 0.717) is 49.5 Å². The van der Waals surface area contributed by atoms with Gasteiger partial charge in [0.25, 0.3) is 0 Å². The first-order chi connectivity index (χ1) is 13.8. The molecule has 0 saturated carbocycles. The Bertz CT molecular complexity index is 786. The standard InChI is InChI=1S/C22H35N3O3S/c1-4-19(3)20-7-9-21(10-8-20)29(27,28)25-14-12-23(13-15-25)17-22(26)24-11-5-6-18(2)16-24/h7-10,18-19H,4-6,11-17H2,1-3H3/t18-,19+/m0/s1. The second-order valence-corrected chi connectivity index (χ2v) is 10.6. The van der Waals surface area contributed by atoms with E-state index in [9.17, 15) is 13.2 Å². The Morgan fingerprint density at radius 3 is 2.34 bits per heavy atom.